The second-order valence-corrected chi connectivity index (χ2v) is 6.20. The number of hydrogen-bond acceptors (Lipinski definition) is 6. The third-order valence-corrected chi connectivity index (χ3v) is 4.78. The number of aromatic nitrogens is 2. The summed E-state index contributed by atoms with van der Waals surface area (Å²) >= 11 is 1.42. The average molecular weight is 296 g/mol. The van der Waals surface area contributed by atoms with E-state index in [9.17, 15) is 4.79 Å². The van der Waals surface area contributed by atoms with Gasteiger partial charge in [0.15, 0.2) is 0 Å². The number of rotatable bonds is 6. The predicted octanol–water partition coefficient (Wildman–Crippen LogP) is 0.832. The van der Waals surface area contributed by atoms with Crippen LogP contribution in [0.25, 0.3) is 0 Å². The van der Waals surface area contributed by atoms with Crippen molar-refractivity contribution in [2.24, 2.45) is 5.92 Å². The Kier molecular flexibility index (Phi) is 4.16. The SMILES string of the molecule is COCCc1nsc(N2CC(NC(=O)C3CCC3)C2)n1. The Balaban J connectivity index is 1.42. The number of hydrogen-bond donors (Lipinski definition) is 1. The fourth-order valence-electron chi connectivity index (χ4n) is 2.38. The van der Waals surface area contributed by atoms with Gasteiger partial charge in [-0.2, -0.15) is 4.37 Å². The molecule has 1 aromatic rings. The van der Waals surface area contributed by atoms with E-state index in [1.54, 1.807) is 7.11 Å². The Morgan fingerprint density at radius 3 is 2.95 bits per heavy atom. The molecule has 2 aliphatic rings. The minimum Gasteiger partial charge on any atom is -0.384 e. The van der Waals surface area contributed by atoms with E-state index in [2.05, 4.69) is 19.6 Å². The summed E-state index contributed by atoms with van der Waals surface area (Å²) in [5, 5.41) is 4.06. The molecule has 0 atom stereocenters. The molecule has 3 rings (SSSR count). The Hall–Kier alpha value is -1.21. The Labute approximate surface area is 122 Å². The van der Waals surface area contributed by atoms with Crippen molar-refractivity contribution in [3.8, 4) is 0 Å². The standard InChI is InChI=1S/C13H20N4O2S/c1-19-6-5-11-15-13(20-16-11)17-7-10(8-17)14-12(18)9-3-2-4-9/h9-10H,2-8H2,1H3,(H,14,18). The maximum atomic E-state index is 11.8. The van der Waals surface area contributed by atoms with Crippen molar-refractivity contribution >= 4 is 22.6 Å². The smallest absolute Gasteiger partial charge is 0.223 e. The van der Waals surface area contributed by atoms with Gasteiger partial charge in [0.25, 0.3) is 0 Å². The summed E-state index contributed by atoms with van der Waals surface area (Å²) in [6.07, 6.45) is 4.07. The first-order valence-corrected chi connectivity index (χ1v) is 7.90. The van der Waals surface area contributed by atoms with Crippen molar-refractivity contribution in [1.82, 2.24) is 14.7 Å². The lowest BCUT2D eigenvalue weighted by atomic mass is 9.84. The normalized spacial score (nSPS) is 19.6. The average Bonchev–Trinajstić information content (AvgIpc) is 2.76. The number of carbonyl (C=O) groups is 1. The number of carbonyl (C=O) groups excluding carboxylic acids is 1. The number of nitrogens with one attached hydrogen (secondary N) is 1. The van der Waals surface area contributed by atoms with Gasteiger partial charge >= 0.3 is 0 Å². The van der Waals surface area contributed by atoms with E-state index in [0.29, 0.717) is 6.61 Å². The third kappa shape index (κ3) is 2.93. The van der Waals surface area contributed by atoms with E-state index < -0.39 is 0 Å². The fraction of sp³-hybridized carbons (Fsp3) is 0.769. The Morgan fingerprint density at radius 2 is 2.30 bits per heavy atom. The van der Waals surface area contributed by atoms with Gasteiger partial charge in [-0.1, -0.05) is 6.42 Å². The summed E-state index contributed by atoms with van der Waals surface area (Å²) in [7, 11) is 1.68. The summed E-state index contributed by atoms with van der Waals surface area (Å²) < 4.78 is 9.33. The van der Waals surface area contributed by atoms with E-state index in [1.165, 1.54) is 18.0 Å². The van der Waals surface area contributed by atoms with Crippen molar-refractivity contribution < 1.29 is 9.53 Å². The number of amides is 1. The van der Waals surface area contributed by atoms with Crippen LogP contribution < -0.4 is 10.2 Å². The molecule has 1 saturated heterocycles. The van der Waals surface area contributed by atoms with Gasteiger partial charge in [0.05, 0.1) is 12.6 Å². The summed E-state index contributed by atoms with van der Waals surface area (Å²) in [4.78, 5) is 18.5. The minimum absolute atomic E-state index is 0.235. The van der Waals surface area contributed by atoms with Crippen LogP contribution in [-0.2, 0) is 16.0 Å². The molecular weight excluding hydrogens is 276 g/mol. The maximum Gasteiger partial charge on any atom is 0.223 e. The van der Waals surface area contributed by atoms with Crippen LogP contribution in [0.3, 0.4) is 0 Å². The fourth-order valence-corrected chi connectivity index (χ4v) is 3.11. The van der Waals surface area contributed by atoms with Crippen molar-refractivity contribution in [1.29, 1.82) is 0 Å². The van der Waals surface area contributed by atoms with Crippen molar-refractivity contribution in [3.05, 3.63) is 5.82 Å². The molecule has 1 aliphatic heterocycles. The lowest BCUT2D eigenvalue weighted by Crippen LogP contribution is -2.60. The van der Waals surface area contributed by atoms with E-state index in [1.807, 2.05) is 0 Å². The van der Waals surface area contributed by atoms with E-state index >= 15 is 0 Å². The minimum atomic E-state index is 0.235. The molecule has 0 unspecified atom stereocenters. The highest BCUT2D eigenvalue weighted by atomic mass is 32.1. The summed E-state index contributed by atoms with van der Waals surface area (Å²) in [6, 6.07) is 0.273. The predicted molar refractivity (Wildman–Crippen MR) is 77.0 cm³/mol. The van der Waals surface area contributed by atoms with Gasteiger partial charge in [0, 0.05) is 44.1 Å². The zero-order valence-corrected chi connectivity index (χ0v) is 12.5. The molecule has 1 N–H and O–H groups in total. The van der Waals surface area contributed by atoms with Crippen LogP contribution in [-0.4, -0.2) is 48.1 Å². The van der Waals surface area contributed by atoms with Crippen LogP contribution in [0.5, 0.6) is 0 Å². The molecule has 2 heterocycles. The van der Waals surface area contributed by atoms with Crippen LogP contribution >= 0.6 is 11.5 Å². The molecule has 0 spiro atoms. The molecule has 110 valence electrons. The molecular formula is C13H20N4O2S. The van der Waals surface area contributed by atoms with Gasteiger partial charge in [-0.15, -0.1) is 0 Å². The third-order valence-electron chi connectivity index (χ3n) is 3.96. The largest absolute Gasteiger partial charge is 0.384 e. The topological polar surface area (TPSA) is 67.3 Å². The molecule has 0 radical (unpaired) electrons. The Morgan fingerprint density at radius 1 is 1.50 bits per heavy atom. The molecule has 6 nitrogen and oxygen atoms in total. The van der Waals surface area contributed by atoms with Crippen LogP contribution in [0.15, 0.2) is 0 Å². The molecule has 0 aromatic carbocycles. The molecule has 2 fully saturated rings. The molecule has 1 aliphatic carbocycles. The summed E-state index contributed by atoms with van der Waals surface area (Å²) in [5.41, 5.74) is 0. The van der Waals surface area contributed by atoms with Crippen molar-refractivity contribution in [2.75, 3.05) is 31.7 Å². The Bertz CT molecular complexity index is 469. The second-order valence-electron chi connectivity index (χ2n) is 5.47. The number of nitrogens with zero attached hydrogens (tertiary/aromatic N) is 3. The first-order chi connectivity index (χ1) is 9.76. The maximum absolute atomic E-state index is 11.8. The molecule has 7 heteroatoms. The summed E-state index contributed by atoms with van der Waals surface area (Å²) in [5.74, 6) is 1.35. The van der Waals surface area contributed by atoms with Crippen LogP contribution in [0, 0.1) is 5.92 Å². The highest BCUT2D eigenvalue weighted by Crippen LogP contribution is 2.27. The molecule has 1 amide bonds. The number of ether oxygens (including phenoxy) is 1. The van der Waals surface area contributed by atoms with Gasteiger partial charge in [-0.05, 0) is 12.8 Å². The van der Waals surface area contributed by atoms with Gasteiger partial charge in [-0.3, -0.25) is 4.79 Å². The zero-order chi connectivity index (χ0) is 13.9. The summed E-state index contributed by atoms with van der Waals surface area (Å²) in [6.45, 7) is 2.34. The van der Waals surface area contributed by atoms with E-state index in [4.69, 9.17) is 4.74 Å². The first-order valence-electron chi connectivity index (χ1n) is 7.13. The van der Waals surface area contributed by atoms with Crippen LogP contribution in [0.1, 0.15) is 25.1 Å². The number of methoxy groups -OCH3 is 1. The molecule has 1 aromatic heterocycles. The van der Waals surface area contributed by atoms with Gasteiger partial charge in [0.2, 0.25) is 11.0 Å². The van der Waals surface area contributed by atoms with Gasteiger partial charge < -0.3 is 15.0 Å². The molecule has 0 bridgehead atoms. The van der Waals surface area contributed by atoms with Gasteiger partial charge in [0.1, 0.15) is 5.82 Å². The van der Waals surface area contributed by atoms with Crippen LogP contribution in [0.2, 0.25) is 0 Å². The highest BCUT2D eigenvalue weighted by molar-refractivity contribution is 7.09. The van der Waals surface area contributed by atoms with Crippen molar-refractivity contribution in [3.63, 3.8) is 0 Å². The number of anilines is 1. The first kappa shape index (κ1) is 13.8. The highest BCUT2D eigenvalue weighted by Gasteiger charge is 2.33. The monoisotopic (exact) mass is 296 g/mol. The van der Waals surface area contributed by atoms with Crippen molar-refractivity contribution in [2.45, 2.75) is 31.7 Å². The zero-order valence-electron chi connectivity index (χ0n) is 11.7. The second kappa shape index (κ2) is 6.05. The lowest BCUT2D eigenvalue weighted by molar-refractivity contribution is -0.128. The molecule has 1 saturated carbocycles. The van der Waals surface area contributed by atoms with E-state index in [-0.39, 0.29) is 17.9 Å². The van der Waals surface area contributed by atoms with Crippen LogP contribution in [0.4, 0.5) is 5.13 Å². The quantitative estimate of drug-likeness (QED) is 0.842. The molecule has 20 heavy (non-hydrogen) atoms. The lowest BCUT2D eigenvalue weighted by Gasteiger charge is -2.40. The van der Waals surface area contributed by atoms with E-state index in [0.717, 1.165) is 43.3 Å². The van der Waals surface area contributed by atoms with Gasteiger partial charge in [-0.25, -0.2) is 4.98 Å².